The van der Waals surface area contributed by atoms with E-state index in [0.717, 1.165) is 11.3 Å². The maximum atomic E-state index is 11.9. The molecule has 0 spiro atoms. The monoisotopic (exact) mass is 304 g/mol. The highest BCUT2D eigenvalue weighted by Crippen LogP contribution is 2.12. The second-order valence-electron chi connectivity index (χ2n) is 4.51. The molecule has 2 N–H and O–H groups in total. The number of benzene rings is 1. The molecule has 21 heavy (non-hydrogen) atoms. The highest BCUT2D eigenvalue weighted by molar-refractivity contribution is 7.80. The van der Waals surface area contributed by atoms with Gasteiger partial charge in [-0.2, -0.15) is 0 Å². The third-order valence-electron chi connectivity index (χ3n) is 2.90. The number of hydrogen-bond acceptors (Lipinski definition) is 4. The van der Waals surface area contributed by atoms with Gasteiger partial charge in [0, 0.05) is 12.6 Å². The smallest absolute Gasteiger partial charge is 0.260 e. The summed E-state index contributed by atoms with van der Waals surface area (Å²) in [5.41, 5.74) is 6.27. The number of carbonyl (C=O) groups excluding carboxylic acids is 1. The van der Waals surface area contributed by atoms with Crippen molar-refractivity contribution >= 4 is 23.1 Å². The molecule has 1 aromatic carbocycles. The molecule has 0 saturated carbocycles. The molecule has 0 radical (unpaired) electrons. The number of nitrogens with zero attached hydrogens (tertiary/aromatic N) is 1. The van der Waals surface area contributed by atoms with E-state index in [1.807, 2.05) is 6.07 Å². The molecule has 0 aliphatic carbocycles. The molecule has 0 fully saturated rings. The van der Waals surface area contributed by atoms with Gasteiger partial charge in [-0.3, -0.25) is 4.79 Å². The van der Waals surface area contributed by atoms with Crippen molar-refractivity contribution in [3.05, 3.63) is 54.0 Å². The molecule has 5 nitrogen and oxygen atoms in total. The largest absolute Gasteiger partial charge is 0.484 e. The van der Waals surface area contributed by atoms with Crippen LogP contribution in [0.25, 0.3) is 0 Å². The quantitative estimate of drug-likeness (QED) is 0.826. The number of likely N-dealkylation sites (N-methyl/N-ethyl adjacent to an activating group) is 1. The summed E-state index contributed by atoms with van der Waals surface area (Å²) in [6.07, 6.45) is 1.58. The van der Waals surface area contributed by atoms with Crippen LogP contribution < -0.4 is 10.5 Å². The average Bonchev–Trinajstić information content (AvgIpc) is 2.98. The Morgan fingerprint density at radius 1 is 1.33 bits per heavy atom. The molecular weight excluding hydrogens is 288 g/mol. The molecule has 1 heterocycles. The lowest BCUT2D eigenvalue weighted by molar-refractivity contribution is -0.132. The minimum absolute atomic E-state index is 0.0381. The zero-order valence-corrected chi connectivity index (χ0v) is 12.4. The molecule has 0 aliphatic heterocycles. The molecule has 110 valence electrons. The van der Waals surface area contributed by atoms with Crippen LogP contribution in [0.5, 0.6) is 5.75 Å². The molecule has 0 atom stereocenters. The van der Waals surface area contributed by atoms with E-state index in [9.17, 15) is 4.79 Å². The Morgan fingerprint density at radius 3 is 2.62 bits per heavy atom. The van der Waals surface area contributed by atoms with Crippen molar-refractivity contribution in [1.82, 2.24) is 4.90 Å². The van der Waals surface area contributed by atoms with Crippen molar-refractivity contribution < 1.29 is 13.9 Å². The van der Waals surface area contributed by atoms with E-state index in [1.165, 1.54) is 0 Å². The van der Waals surface area contributed by atoms with Crippen LogP contribution in [0.3, 0.4) is 0 Å². The van der Waals surface area contributed by atoms with Gasteiger partial charge in [0.2, 0.25) is 0 Å². The molecule has 1 amide bonds. The summed E-state index contributed by atoms with van der Waals surface area (Å²) >= 11 is 4.87. The molecule has 6 heteroatoms. The molecule has 0 bridgehead atoms. The molecule has 0 aliphatic rings. The molecule has 2 rings (SSSR count). The zero-order chi connectivity index (χ0) is 15.2. The lowest BCUT2D eigenvalue weighted by Gasteiger charge is -2.16. The Labute approximate surface area is 128 Å². The second kappa shape index (κ2) is 6.90. The summed E-state index contributed by atoms with van der Waals surface area (Å²) in [6.45, 7) is 0.374. The average molecular weight is 304 g/mol. The molecule has 2 aromatic rings. The first kappa shape index (κ1) is 15.1. The summed E-state index contributed by atoms with van der Waals surface area (Å²) in [4.78, 5) is 13.8. The molecule has 0 unspecified atom stereocenters. The van der Waals surface area contributed by atoms with Gasteiger partial charge in [0.25, 0.3) is 5.91 Å². The standard InChI is InChI=1S/C15H16N2O3S/c1-17(9-13-3-2-8-19-13)14(18)10-20-12-6-4-11(5-7-12)15(16)21/h2-8H,9-10H2,1H3,(H2,16,21). The molecule has 1 aromatic heterocycles. The Hall–Kier alpha value is -2.34. The maximum Gasteiger partial charge on any atom is 0.260 e. The molecule has 0 saturated heterocycles. The van der Waals surface area contributed by atoms with E-state index in [1.54, 1.807) is 48.5 Å². The number of ether oxygens (including phenoxy) is 1. The van der Waals surface area contributed by atoms with Crippen molar-refractivity contribution in [2.24, 2.45) is 5.73 Å². The summed E-state index contributed by atoms with van der Waals surface area (Å²) in [6, 6.07) is 10.6. The maximum absolute atomic E-state index is 11.9. The SMILES string of the molecule is CN(Cc1ccco1)C(=O)COc1ccc(C(N)=S)cc1. The first-order chi connectivity index (χ1) is 10.1. The van der Waals surface area contributed by atoms with Crippen molar-refractivity contribution in [3.63, 3.8) is 0 Å². The fourth-order valence-corrected chi connectivity index (χ4v) is 1.83. The van der Waals surface area contributed by atoms with E-state index in [-0.39, 0.29) is 12.5 Å². The Balaban J connectivity index is 1.84. The third kappa shape index (κ3) is 4.32. The van der Waals surface area contributed by atoms with Gasteiger partial charge in [0.15, 0.2) is 6.61 Å². The Kier molecular flexibility index (Phi) is 4.94. The summed E-state index contributed by atoms with van der Waals surface area (Å²) < 4.78 is 10.6. The number of hydrogen-bond donors (Lipinski definition) is 1. The predicted molar refractivity (Wildman–Crippen MR) is 83.0 cm³/mol. The number of thiocarbonyl (C=S) groups is 1. The van der Waals surface area contributed by atoms with Gasteiger partial charge in [-0.15, -0.1) is 0 Å². The highest BCUT2D eigenvalue weighted by atomic mass is 32.1. The second-order valence-corrected chi connectivity index (χ2v) is 4.95. The van der Waals surface area contributed by atoms with Gasteiger partial charge in [-0.1, -0.05) is 12.2 Å². The molecular formula is C15H16N2O3S. The van der Waals surface area contributed by atoms with E-state index < -0.39 is 0 Å². The normalized spacial score (nSPS) is 10.1. The van der Waals surface area contributed by atoms with E-state index >= 15 is 0 Å². The van der Waals surface area contributed by atoms with Crippen molar-refractivity contribution in [3.8, 4) is 5.75 Å². The van der Waals surface area contributed by atoms with Crippen molar-refractivity contribution in [2.75, 3.05) is 13.7 Å². The minimum atomic E-state index is -0.134. The van der Waals surface area contributed by atoms with Crippen molar-refractivity contribution in [2.45, 2.75) is 6.54 Å². The lowest BCUT2D eigenvalue weighted by atomic mass is 10.2. The topological polar surface area (TPSA) is 68.7 Å². The van der Waals surface area contributed by atoms with Gasteiger partial charge in [-0.05, 0) is 36.4 Å². The lowest BCUT2D eigenvalue weighted by Crippen LogP contribution is -2.30. The number of nitrogens with two attached hydrogens (primary N) is 1. The fraction of sp³-hybridized carbons (Fsp3) is 0.200. The van der Waals surface area contributed by atoms with Crippen LogP contribution in [-0.2, 0) is 11.3 Å². The van der Waals surface area contributed by atoms with Crippen LogP contribution in [-0.4, -0.2) is 29.5 Å². The first-order valence-corrected chi connectivity index (χ1v) is 6.76. The van der Waals surface area contributed by atoms with Crippen LogP contribution >= 0.6 is 12.2 Å². The summed E-state index contributed by atoms with van der Waals surface area (Å²) in [7, 11) is 1.70. The summed E-state index contributed by atoms with van der Waals surface area (Å²) in [5.74, 6) is 1.19. The minimum Gasteiger partial charge on any atom is -0.484 e. The van der Waals surface area contributed by atoms with Crippen molar-refractivity contribution in [1.29, 1.82) is 0 Å². The van der Waals surface area contributed by atoms with Gasteiger partial charge < -0.3 is 19.8 Å². The number of rotatable bonds is 6. The number of carbonyl (C=O) groups is 1. The van der Waals surface area contributed by atoms with E-state index in [0.29, 0.717) is 17.3 Å². The van der Waals surface area contributed by atoms with Gasteiger partial charge in [0.05, 0.1) is 12.8 Å². The van der Waals surface area contributed by atoms with E-state index in [2.05, 4.69) is 0 Å². The third-order valence-corrected chi connectivity index (χ3v) is 3.14. The number of amides is 1. The number of furan rings is 1. The first-order valence-electron chi connectivity index (χ1n) is 6.35. The highest BCUT2D eigenvalue weighted by Gasteiger charge is 2.11. The van der Waals surface area contributed by atoms with Crippen LogP contribution in [0, 0.1) is 0 Å². The fourth-order valence-electron chi connectivity index (χ4n) is 1.70. The van der Waals surface area contributed by atoms with Crippen LogP contribution in [0.2, 0.25) is 0 Å². The Bertz CT molecular complexity index is 608. The van der Waals surface area contributed by atoms with Crippen LogP contribution in [0.4, 0.5) is 0 Å². The summed E-state index contributed by atoms with van der Waals surface area (Å²) in [5, 5.41) is 0. The predicted octanol–water partition coefficient (Wildman–Crippen LogP) is 1.95. The van der Waals surface area contributed by atoms with Gasteiger partial charge in [0.1, 0.15) is 16.5 Å². The van der Waals surface area contributed by atoms with Gasteiger partial charge >= 0.3 is 0 Å². The van der Waals surface area contributed by atoms with E-state index in [4.69, 9.17) is 27.1 Å². The van der Waals surface area contributed by atoms with Gasteiger partial charge in [-0.25, -0.2) is 0 Å². The Morgan fingerprint density at radius 2 is 2.05 bits per heavy atom. The van der Waals surface area contributed by atoms with Crippen LogP contribution in [0.15, 0.2) is 47.1 Å². The van der Waals surface area contributed by atoms with Crippen LogP contribution in [0.1, 0.15) is 11.3 Å². The zero-order valence-electron chi connectivity index (χ0n) is 11.6.